The van der Waals surface area contributed by atoms with Crippen LogP contribution in [0.5, 0.6) is 0 Å². The van der Waals surface area contributed by atoms with E-state index in [1.54, 1.807) is 6.20 Å². The monoisotopic (exact) mass is 334 g/mol. The van der Waals surface area contributed by atoms with Gasteiger partial charge in [-0.2, -0.15) is 9.47 Å². The molecule has 0 aliphatic heterocycles. The molecule has 2 aromatic heterocycles. The predicted molar refractivity (Wildman–Crippen MR) is 89.6 cm³/mol. The highest BCUT2D eigenvalue weighted by molar-refractivity contribution is 7.06. The highest BCUT2D eigenvalue weighted by Gasteiger charge is 2.11. The summed E-state index contributed by atoms with van der Waals surface area (Å²) in [5.41, 5.74) is 2.66. The first-order chi connectivity index (χ1) is 10.5. The van der Waals surface area contributed by atoms with Gasteiger partial charge in [-0.05, 0) is 43.6 Å². The third-order valence-electron chi connectivity index (χ3n) is 3.45. The second-order valence-electron chi connectivity index (χ2n) is 5.07. The smallest absolute Gasteiger partial charge is 0.226 e. The minimum atomic E-state index is -0.0380. The Morgan fingerprint density at radius 2 is 2.23 bits per heavy atom. The minimum Gasteiger partial charge on any atom is -0.323 e. The summed E-state index contributed by atoms with van der Waals surface area (Å²) in [5.74, 6) is -0.0380. The molecule has 0 radical (unpaired) electrons. The van der Waals surface area contributed by atoms with Crippen molar-refractivity contribution in [1.82, 2.24) is 14.2 Å². The summed E-state index contributed by atoms with van der Waals surface area (Å²) in [4.78, 5) is 13.1. The van der Waals surface area contributed by atoms with Gasteiger partial charge in [0.1, 0.15) is 0 Å². The summed E-state index contributed by atoms with van der Waals surface area (Å²) < 4.78 is 6.04. The lowest BCUT2D eigenvalue weighted by atomic mass is 10.2. The molecule has 5 nitrogen and oxygen atoms in total. The van der Waals surface area contributed by atoms with Gasteiger partial charge in [-0.25, -0.2) is 0 Å². The predicted octanol–water partition coefficient (Wildman–Crippen LogP) is 3.79. The van der Waals surface area contributed by atoms with Crippen molar-refractivity contribution >= 4 is 45.6 Å². The van der Waals surface area contributed by atoms with E-state index in [1.807, 2.05) is 36.7 Å². The van der Waals surface area contributed by atoms with Crippen molar-refractivity contribution in [2.75, 3.05) is 5.32 Å². The standard InChI is InChI=1S/C15H15ClN4OS/c1-9-15(10(2)22-19-9)18-14(21)5-6-20-13-4-3-12(16)7-11(13)8-17-20/h3-4,7-8H,5-6H2,1-2H3,(H,18,21). The SMILES string of the molecule is Cc1nsc(C)c1NC(=O)CCn1ncc2cc(Cl)ccc21. The molecule has 0 atom stereocenters. The van der Waals surface area contributed by atoms with E-state index in [0.717, 1.165) is 27.2 Å². The molecule has 1 aromatic carbocycles. The van der Waals surface area contributed by atoms with Crippen molar-refractivity contribution in [3.05, 3.63) is 40.0 Å². The Hall–Kier alpha value is -1.92. The molecule has 0 saturated carbocycles. The number of fused-ring (bicyclic) bond motifs is 1. The highest BCUT2D eigenvalue weighted by atomic mass is 35.5. The summed E-state index contributed by atoms with van der Waals surface area (Å²) >= 11 is 7.36. The largest absolute Gasteiger partial charge is 0.323 e. The molecule has 114 valence electrons. The average molecular weight is 335 g/mol. The summed E-state index contributed by atoms with van der Waals surface area (Å²) in [6.07, 6.45) is 2.12. The van der Waals surface area contributed by atoms with E-state index in [0.29, 0.717) is 18.0 Å². The second-order valence-corrected chi connectivity index (χ2v) is 6.48. The Balaban J connectivity index is 1.68. The molecule has 3 aromatic rings. The normalized spacial score (nSPS) is 11.0. The molecule has 2 heterocycles. The molecule has 7 heteroatoms. The van der Waals surface area contributed by atoms with E-state index < -0.39 is 0 Å². The average Bonchev–Trinajstić information content (AvgIpc) is 3.02. The van der Waals surface area contributed by atoms with Crippen LogP contribution in [0.15, 0.2) is 24.4 Å². The molecule has 22 heavy (non-hydrogen) atoms. The van der Waals surface area contributed by atoms with Gasteiger partial charge in [0.15, 0.2) is 0 Å². The van der Waals surface area contributed by atoms with Crippen LogP contribution in [-0.2, 0) is 11.3 Å². The summed E-state index contributed by atoms with van der Waals surface area (Å²) in [7, 11) is 0. The highest BCUT2D eigenvalue weighted by Crippen LogP contribution is 2.23. The number of hydrogen-bond acceptors (Lipinski definition) is 4. The number of nitrogens with one attached hydrogen (secondary N) is 1. The van der Waals surface area contributed by atoms with Gasteiger partial charge < -0.3 is 5.32 Å². The summed E-state index contributed by atoms with van der Waals surface area (Å²) in [5, 5.41) is 8.89. The van der Waals surface area contributed by atoms with E-state index in [2.05, 4.69) is 14.8 Å². The molecular weight excluding hydrogens is 320 g/mol. The number of rotatable bonds is 4. The van der Waals surface area contributed by atoms with Gasteiger partial charge in [0.05, 0.1) is 29.6 Å². The minimum absolute atomic E-state index is 0.0380. The third kappa shape index (κ3) is 2.98. The maximum atomic E-state index is 12.1. The Kier molecular flexibility index (Phi) is 4.13. The first-order valence-electron chi connectivity index (χ1n) is 6.88. The van der Waals surface area contributed by atoms with E-state index >= 15 is 0 Å². The third-order valence-corrected chi connectivity index (χ3v) is 4.53. The van der Waals surface area contributed by atoms with Crippen LogP contribution in [0.4, 0.5) is 5.69 Å². The quantitative estimate of drug-likeness (QED) is 0.789. The summed E-state index contributed by atoms with van der Waals surface area (Å²) in [6.45, 7) is 4.36. The van der Waals surface area contributed by atoms with Gasteiger partial charge in [-0.1, -0.05) is 11.6 Å². The number of carbonyl (C=O) groups excluding carboxylic acids is 1. The van der Waals surface area contributed by atoms with Crippen molar-refractivity contribution < 1.29 is 4.79 Å². The molecule has 0 unspecified atom stereocenters. The van der Waals surface area contributed by atoms with E-state index in [1.165, 1.54) is 11.5 Å². The van der Waals surface area contributed by atoms with Gasteiger partial charge in [-0.15, -0.1) is 0 Å². The number of anilines is 1. The Morgan fingerprint density at radius 3 is 2.95 bits per heavy atom. The number of halogens is 1. The van der Waals surface area contributed by atoms with Crippen molar-refractivity contribution in [3.63, 3.8) is 0 Å². The molecule has 0 aliphatic rings. The number of amides is 1. The number of carbonyl (C=O) groups is 1. The van der Waals surface area contributed by atoms with E-state index in [9.17, 15) is 4.79 Å². The first kappa shape index (κ1) is 15.0. The van der Waals surface area contributed by atoms with E-state index in [4.69, 9.17) is 11.6 Å². The zero-order chi connectivity index (χ0) is 15.7. The van der Waals surface area contributed by atoms with Crippen molar-refractivity contribution in [2.45, 2.75) is 26.8 Å². The lowest BCUT2D eigenvalue weighted by Crippen LogP contribution is -2.15. The fourth-order valence-corrected chi connectivity index (χ4v) is 3.14. The van der Waals surface area contributed by atoms with Crippen LogP contribution in [0.3, 0.4) is 0 Å². The van der Waals surface area contributed by atoms with Crippen LogP contribution >= 0.6 is 23.1 Å². The Morgan fingerprint density at radius 1 is 1.41 bits per heavy atom. The van der Waals surface area contributed by atoms with Crippen LogP contribution in [0, 0.1) is 13.8 Å². The molecule has 1 N–H and O–H groups in total. The zero-order valence-electron chi connectivity index (χ0n) is 12.3. The van der Waals surface area contributed by atoms with Gasteiger partial charge in [0, 0.05) is 21.7 Å². The van der Waals surface area contributed by atoms with Crippen LogP contribution in [0.25, 0.3) is 10.9 Å². The molecule has 1 amide bonds. The maximum absolute atomic E-state index is 12.1. The first-order valence-corrected chi connectivity index (χ1v) is 8.03. The maximum Gasteiger partial charge on any atom is 0.226 e. The van der Waals surface area contributed by atoms with Gasteiger partial charge in [0.25, 0.3) is 0 Å². The number of aromatic nitrogens is 3. The molecule has 0 aliphatic carbocycles. The van der Waals surface area contributed by atoms with Crippen LogP contribution in [0.2, 0.25) is 5.02 Å². The van der Waals surface area contributed by atoms with Crippen LogP contribution in [0.1, 0.15) is 17.0 Å². The number of benzene rings is 1. The van der Waals surface area contributed by atoms with Gasteiger partial charge >= 0.3 is 0 Å². The number of nitrogens with zero attached hydrogens (tertiary/aromatic N) is 3. The Labute approximate surface area is 137 Å². The van der Waals surface area contributed by atoms with Crippen LogP contribution < -0.4 is 5.32 Å². The molecule has 0 spiro atoms. The fourth-order valence-electron chi connectivity index (χ4n) is 2.31. The summed E-state index contributed by atoms with van der Waals surface area (Å²) in [6, 6.07) is 5.61. The fraction of sp³-hybridized carbons (Fsp3) is 0.267. The van der Waals surface area contributed by atoms with Crippen molar-refractivity contribution in [3.8, 4) is 0 Å². The van der Waals surface area contributed by atoms with Crippen LogP contribution in [-0.4, -0.2) is 20.1 Å². The zero-order valence-corrected chi connectivity index (χ0v) is 13.8. The van der Waals surface area contributed by atoms with E-state index in [-0.39, 0.29) is 5.91 Å². The van der Waals surface area contributed by atoms with Crippen molar-refractivity contribution in [1.29, 1.82) is 0 Å². The molecule has 0 fully saturated rings. The number of hydrogen-bond donors (Lipinski definition) is 1. The lowest BCUT2D eigenvalue weighted by molar-refractivity contribution is -0.116. The Bertz CT molecular complexity index is 820. The van der Waals surface area contributed by atoms with Gasteiger partial charge in [-0.3, -0.25) is 9.48 Å². The molecule has 0 bridgehead atoms. The lowest BCUT2D eigenvalue weighted by Gasteiger charge is -2.06. The second kappa shape index (κ2) is 6.06. The number of aryl methyl sites for hydroxylation is 3. The van der Waals surface area contributed by atoms with Gasteiger partial charge in [0.2, 0.25) is 5.91 Å². The molecular formula is C15H15ClN4OS. The molecule has 0 saturated heterocycles. The molecule has 3 rings (SSSR count). The topological polar surface area (TPSA) is 59.8 Å². The van der Waals surface area contributed by atoms with Crippen molar-refractivity contribution in [2.24, 2.45) is 0 Å².